The van der Waals surface area contributed by atoms with Gasteiger partial charge in [-0.3, -0.25) is 4.90 Å². The summed E-state index contributed by atoms with van der Waals surface area (Å²) in [6.07, 6.45) is 1.26. The first-order valence-corrected chi connectivity index (χ1v) is 6.30. The van der Waals surface area contributed by atoms with E-state index in [1.54, 1.807) is 0 Å². The molecule has 1 N–H and O–H groups in total. The third kappa shape index (κ3) is 2.92. The summed E-state index contributed by atoms with van der Waals surface area (Å²) in [5.41, 5.74) is 0. The Morgan fingerprint density at radius 2 is 2.33 bits per heavy atom. The van der Waals surface area contributed by atoms with E-state index in [1.807, 2.05) is 0 Å². The van der Waals surface area contributed by atoms with Gasteiger partial charge in [-0.25, -0.2) is 0 Å². The van der Waals surface area contributed by atoms with Crippen molar-refractivity contribution in [2.24, 2.45) is 11.8 Å². The SMILES string of the molecule is CC(C)C1CNCCN1CC1CCOC1. The molecule has 0 saturated carbocycles. The highest BCUT2D eigenvalue weighted by Gasteiger charge is 2.28. The quantitative estimate of drug-likeness (QED) is 0.754. The fourth-order valence-electron chi connectivity index (χ4n) is 2.71. The van der Waals surface area contributed by atoms with E-state index < -0.39 is 0 Å². The van der Waals surface area contributed by atoms with Gasteiger partial charge in [0.1, 0.15) is 0 Å². The Morgan fingerprint density at radius 3 is 3.00 bits per heavy atom. The van der Waals surface area contributed by atoms with Crippen LogP contribution >= 0.6 is 0 Å². The van der Waals surface area contributed by atoms with Crippen molar-refractivity contribution in [2.45, 2.75) is 26.3 Å². The van der Waals surface area contributed by atoms with Crippen LogP contribution in [0, 0.1) is 11.8 Å². The average molecular weight is 212 g/mol. The normalized spacial score (nSPS) is 33.8. The third-order valence-electron chi connectivity index (χ3n) is 3.68. The van der Waals surface area contributed by atoms with Gasteiger partial charge in [0, 0.05) is 38.8 Å². The Bertz CT molecular complexity index is 190. The lowest BCUT2D eigenvalue weighted by Crippen LogP contribution is -2.54. The zero-order chi connectivity index (χ0) is 10.7. The second-order valence-electron chi connectivity index (χ2n) is 5.24. The lowest BCUT2D eigenvalue weighted by atomic mass is 9.98. The number of hydrogen-bond acceptors (Lipinski definition) is 3. The van der Waals surface area contributed by atoms with Crippen LogP contribution in [0.15, 0.2) is 0 Å². The Balaban J connectivity index is 1.86. The molecule has 15 heavy (non-hydrogen) atoms. The minimum atomic E-state index is 0.722. The number of ether oxygens (including phenoxy) is 1. The van der Waals surface area contributed by atoms with E-state index in [0.717, 1.165) is 44.2 Å². The second-order valence-corrected chi connectivity index (χ2v) is 5.24. The highest BCUT2D eigenvalue weighted by Crippen LogP contribution is 2.19. The van der Waals surface area contributed by atoms with Crippen molar-refractivity contribution >= 4 is 0 Å². The zero-order valence-corrected chi connectivity index (χ0v) is 10.0. The molecule has 0 radical (unpaired) electrons. The van der Waals surface area contributed by atoms with Crippen molar-refractivity contribution in [3.05, 3.63) is 0 Å². The van der Waals surface area contributed by atoms with E-state index in [-0.39, 0.29) is 0 Å². The minimum Gasteiger partial charge on any atom is -0.381 e. The first kappa shape index (κ1) is 11.4. The van der Waals surface area contributed by atoms with Crippen LogP contribution in [0.4, 0.5) is 0 Å². The molecular weight excluding hydrogens is 188 g/mol. The van der Waals surface area contributed by atoms with Gasteiger partial charge in [-0.2, -0.15) is 0 Å². The maximum absolute atomic E-state index is 5.45. The molecule has 0 bridgehead atoms. The van der Waals surface area contributed by atoms with Crippen LogP contribution in [0.2, 0.25) is 0 Å². The van der Waals surface area contributed by atoms with Gasteiger partial charge in [0.2, 0.25) is 0 Å². The highest BCUT2D eigenvalue weighted by atomic mass is 16.5. The second kappa shape index (κ2) is 5.28. The lowest BCUT2D eigenvalue weighted by molar-refractivity contribution is 0.0977. The summed E-state index contributed by atoms with van der Waals surface area (Å²) in [6, 6.07) is 0.722. The lowest BCUT2D eigenvalue weighted by Gasteiger charge is -2.39. The van der Waals surface area contributed by atoms with Crippen LogP contribution in [-0.4, -0.2) is 50.3 Å². The Hall–Kier alpha value is -0.120. The van der Waals surface area contributed by atoms with Gasteiger partial charge < -0.3 is 10.1 Å². The number of hydrogen-bond donors (Lipinski definition) is 1. The Morgan fingerprint density at radius 1 is 1.47 bits per heavy atom. The van der Waals surface area contributed by atoms with Gasteiger partial charge in [-0.1, -0.05) is 13.8 Å². The van der Waals surface area contributed by atoms with Crippen molar-refractivity contribution in [3.8, 4) is 0 Å². The Kier molecular flexibility index (Phi) is 4.00. The van der Waals surface area contributed by atoms with Crippen molar-refractivity contribution in [1.29, 1.82) is 0 Å². The van der Waals surface area contributed by atoms with Gasteiger partial charge >= 0.3 is 0 Å². The molecule has 2 saturated heterocycles. The summed E-state index contributed by atoms with van der Waals surface area (Å²) in [7, 11) is 0. The molecule has 2 aliphatic rings. The third-order valence-corrected chi connectivity index (χ3v) is 3.68. The van der Waals surface area contributed by atoms with Crippen molar-refractivity contribution in [1.82, 2.24) is 10.2 Å². The minimum absolute atomic E-state index is 0.722. The van der Waals surface area contributed by atoms with Crippen LogP contribution in [0.25, 0.3) is 0 Å². The van der Waals surface area contributed by atoms with Crippen LogP contribution in [-0.2, 0) is 4.74 Å². The number of nitrogens with zero attached hydrogens (tertiary/aromatic N) is 1. The van der Waals surface area contributed by atoms with Gasteiger partial charge in [-0.05, 0) is 18.3 Å². The van der Waals surface area contributed by atoms with Crippen LogP contribution in [0.5, 0.6) is 0 Å². The summed E-state index contributed by atoms with van der Waals surface area (Å²) in [6.45, 7) is 11.4. The zero-order valence-electron chi connectivity index (χ0n) is 10.0. The predicted octanol–water partition coefficient (Wildman–Crippen LogP) is 0.953. The monoisotopic (exact) mass is 212 g/mol. The maximum Gasteiger partial charge on any atom is 0.0507 e. The summed E-state index contributed by atoms with van der Waals surface area (Å²) >= 11 is 0. The van der Waals surface area contributed by atoms with Gasteiger partial charge in [-0.15, -0.1) is 0 Å². The van der Waals surface area contributed by atoms with E-state index in [9.17, 15) is 0 Å². The molecular formula is C12H24N2O. The molecule has 0 aromatic carbocycles. The average Bonchev–Trinajstić information content (AvgIpc) is 2.71. The number of rotatable bonds is 3. The van der Waals surface area contributed by atoms with E-state index in [1.165, 1.54) is 19.5 Å². The van der Waals surface area contributed by atoms with Crippen LogP contribution in [0.1, 0.15) is 20.3 Å². The fraction of sp³-hybridized carbons (Fsp3) is 1.00. The highest BCUT2D eigenvalue weighted by molar-refractivity contribution is 4.84. The topological polar surface area (TPSA) is 24.5 Å². The summed E-state index contributed by atoms with van der Waals surface area (Å²) in [4.78, 5) is 2.67. The van der Waals surface area contributed by atoms with Crippen molar-refractivity contribution < 1.29 is 4.74 Å². The number of piperazine rings is 1. The van der Waals surface area contributed by atoms with E-state index >= 15 is 0 Å². The molecule has 2 fully saturated rings. The summed E-state index contributed by atoms with van der Waals surface area (Å²) in [5, 5.41) is 3.50. The van der Waals surface area contributed by atoms with E-state index in [2.05, 4.69) is 24.1 Å². The van der Waals surface area contributed by atoms with Gasteiger partial charge in [0.15, 0.2) is 0 Å². The molecule has 0 spiro atoms. The van der Waals surface area contributed by atoms with Crippen molar-refractivity contribution in [3.63, 3.8) is 0 Å². The molecule has 0 aromatic rings. The Labute approximate surface area is 93.2 Å². The van der Waals surface area contributed by atoms with Gasteiger partial charge in [0.05, 0.1) is 6.61 Å². The molecule has 2 unspecified atom stereocenters. The molecule has 0 amide bonds. The van der Waals surface area contributed by atoms with Crippen LogP contribution in [0.3, 0.4) is 0 Å². The van der Waals surface area contributed by atoms with Gasteiger partial charge in [0.25, 0.3) is 0 Å². The summed E-state index contributed by atoms with van der Waals surface area (Å²) < 4.78 is 5.45. The molecule has 0 aromatic heterocycles. The molecule has 2 atom stereocenters. The largest absolute Gasteiger partial charge is 0.381 e. The fourth-order valence-corrected chi connectivity index (χ4v) is 2.71. The first-order valence-electron chi connectivity index (χ1n) is 6.30. The predicted molar refractivity (Wildman–Crippen MR) is 62.0 cm³/mol. The van der Waals surface area contributed by atoms with Crippen molar-refractivity contribution in [2.75, 3.05) is 39.4 Å². The molecule has 3 heteroatoms. The summed E-state index contributed by atoms with van der Waals surface area (Å²) in [5.74, 6) is 1.53. The molecule has 2 heterocycles. The van der Waals surface area contributed by atoms with E-state index in [4.69, 9.17) is 4.74 Å². The molecule has 2 rings (SSSR count). The molecule has 88 valence electrons. The molecule has 2 aliphatic heterocycles. The molecule has 3 nitrogen and oxygen atoms in total. The van der Waals surface area contributed by atoms with E-state index in [0.29, 0.717) is 0 Å². The molecule has 0 aliphatic carbocycles. The standard InChI is InChI=1S/C12H24N2O/c1-10(2)12-7-13-4-5-14(12)8-11-3-6-15-9-11/h10-13H,3-9H2,1-2H3. The van der Waals surface area contributed by atoms with Crippen LogP contribution < -0.4 is 5.32 Å². The maximum atomic E-state index is 5.45. The smallest absolute Gasteiger partial charge is 0.0507 e. The first-order chi connectivity index (χ1) is 7.27. The number of nitrogens with one attached hydrogen (secondary N) is 1.